The minimum atomic E-state index is 0.148. The lowest BCUT2D eigenvalue weighted by molar-refractivity contribution is 0.299. The zero-order chi connectivity index (χ0) is 15.5. The number of thiophene rings is 1. The second kappa shape index (κ2) is 6.96. The van der Waals surface area contributed by atoms with Crippen LogP contribution in [0.25, 0.3) is 0 Å². The van der Waals surface area contributed by atoms with Crippen LogP contribution in [0.1, 0.15) is 24.1 Å². The SMILES string of the molecule is CC1CN(c2sc(Cl)cc2CCO)CC(c2ccncc2)N1. The van der Waals surface area contributed by atoms with Crippen LogP contribution in [0.5, 0.6) is 0 Å². The predicted molar refractivity (Wildman–Crippen MR) is 91.9 cm³/mol. The van der Waals surface area contributed by atoms with Crippen molar-refractivity contribution in [1.29, 1.82) is 0 Å². The maximum absolute atomic E-state index is 9.26. The van der Waals surface area contributed by atoms with Crippen LogP contribution in [0.15, 0.2) is 30.6 Å². The average Bonchev–Trinajstić information content (AvgIpc) is 2.89. The van der Waals surface area contributed by atoms with Gasteiger partial charge in [-0.3, -0.25) is 4.98 Å². The van der Waals surface area contributed by atoms with E-state index in [4.69, 9.17) is 11.6 Å². The number of anilines is 1. The molecule has 118 valence electrons. The van der Waals surface area contributed by atoms with Crippen molar-refractivity contribution in [1.82, 2.24) is 10.3 Å². The first-order chi connectivity index (χ1) is 10.7. The van der Waals surface area contributed by atoms with Gasteiger partial charge in [-0.15, -0.1) is 11.3 Å². The fraction of sp³-hybridized carbons (Fsp3) is 0.438. The maximum atomic E-state index is 9.26. The third-order valence-corrected chi connectivity index (χ3v) is 5.28. The van der Waals surface area contributed by atoms with Gasteiger partial charge in [-0.05, 0) is 42.7 Å². The minimum absolute atomic E-state index is 0.148. The molecule has 0 saturated carbocycles. The van der Waals surface area contributed by atoms with E-state index in [0.29, 0.717) is 12.5 Å². The summed E-state index contributed by atoms with van der Waals surface area (Å²) in [5.41, 5.74) is 2.39. The molecule has 0 amide bonds. The molecule has 1 fully saturated rings. The lowest BCUT2D eigenvalue weighted by atomic mass is 10.0. The van der Waals surface area contributed by atoms with E-state index in [0.717, 1.165) is 23.0 Å². The fourth-order valence-corrected chi connectivity index (χ4v) is 4.30. The molecule has 2 aromatic heterocycles. The van der Waals surface area contributed by atoms with Crippen molar-refractivity contribution in [2.45, 2.75) is 25.4 Å². The molecule has 2 atom stereocenters. The minimum Gasteiger partial charge on any atom is -0.396 e. The second-order valence-electron chi connectivity index (χ2n) is 5.66. The molecule has 2 unspecified atom stereocenters. The Balaban J connectivity index is 1.85. The largest absolute Gasteiger partial charge is 0.396 e. The van der Waals surface area contributed by atoms with Gasteiger partial charge in [0.25, 0.3) is 0 Å². The van der Waals surface area contributed by atoms with Gasteiger partial charge in [-0.2, -0.15) is 0 Å². The Hall–Kier alpha value is -1.14. The summed E-state index contributed by atoms with van der Waals surface area (Å²) in [5.74, 6) is 0. The van der Waals surface area contributed by atoms with Crippen LogP contribution < -0.4 is 10.2 Å². The highest BCUT2D eigenvalue weighted by Crippen LogP contribution is 2.37. The van der Waals surface area contributed by atoms with E-state index in [1.807, 2.05) is 18.5 Å². The number of aliphatic hydroxyl groups is 1. The van der Waals surface area contributed by atoms with E-state index >= 15 is 0 Å². The molecule has 3 heterocycles. The van der Waals surface area contributed by atoms with Crippen LogP contribution in [0.2, 0.25) is 4.34 Å². The first-order valence-corrected chi connectivity index (χ1v) is 8.67. The molecule has 0 bridgehead atoms. The average molecular weight is 338 g/mol. The zero-order valence-corrected chi connectivity index (χ0v) is 14.1. The molecule has 2 aromatic rings. The van der Waals surface area contributed by atoms with Gasteiger partial charge in [0.15, 0.2) is 0 Å². The van der Waals surface area contributed by atoms with E-state index in [1.54, 1.807) is 11.3 Å². The summed E-state index contributed by atoms with van der Waals surface area (Å²) >= 11 is 7.80. The number of hydrogen-bond donors (Lipinski definition) is 2. The highest BCUT2D eigenvalue weighted by atomic mass is 35.5. The van der Waals surface area contributed by atoms with E-state index in [1.165, 1.54) is 10.6 Å². The quantitative estimate of drug-likeness (QED) is 0.900. The van der Waals surface area contributed by atoms with Gasteiger partial charge >= 0.3 is 0 Å². The van der Waals surface area contributed by atoms with Gasteiger partial charge in [0.1, 0.15) is 0 Å². The molecule has 0 spiro atoms. The van der Waals surface area contributed by atoms with Crippen LogP contribution in [0, 0.1) is 0 Å². The van der Waals surface area contributed by atoms with Crippen LogP contribution in [-0.2, 0) is 6.42 Å². The standard InChI is InChI=1S/C16H20ClN3OS/c1-11-9-20(16-13(4-7-21)8-15(17)22-16)10-14(19-11)12-2-5-18-6-3-12/h2-3,5-6,8,11,14,19,21H,4,7,9-10H2,1H3. The van der Waals surface area contributed by atoms with Crippen molar-refractivity contribution in [3.8, 4) is 0 Å². The molecule has 6 heteroatoms. The van der Waals surface area contributed by atoms with Gasteiger partial charge in [0.05, 0.1) is 15.4 Å². The van der Waals surface area contributed by atoms with Crippen LogP contribution in [0.3, 0.4) is 0 Å². The molecule has 0 aromatic carbocycles. The second-order valence-corrected chi connectivity index (χ2v) is 7.32. The Morgan fingerprint density at radius 2 is 2.18 bits per heavy atom. The van der Waals surface area contributed by atoms with Gasteiger partial charge in [0, 0.05) is 38.1 Å². The molecule has 1 saturated heterocycles. The molecular weight excluding hydrogens is 318 g/mol. The van der Waals surface area contributed by atoms with Crippen LogP contribution in [0.4, 0.5) is 5.00 Å². The number of piperazine rings is 1. The molecule has 1 aliphatic heterocycles. The number of hydrogen-bond acceptors (Lipinski definition) is 5. The van der Waals surface area contributed by atoms with Crippen molar-refractivity contribution in [2.24, 2.45) is 0 Å². The summed E-state index contributed by atoms with van der Waals surface area (Å²) in [6.45, 7) is 4.18. The summed E-state index contributed by atoms with van der Waals surface area (Å²) in [6.07, 6.45) is 4.32. The molecular formula is C16H20ClN3OS. The van der Waals surface area contributed by atoms with Crippen molar-refractivity contribution in [2.75, 3.05) is 24.6 Å². The highest BCUT2D eigenvalue weighted by molar-refractivity contribution is 7.20. The fourth-order valence-electron chi connectivity index (χ4n) is 2.99. The number of aromatic nitrogens is 1. The molecule has 0 aliphatic carbocycles. The Labute approximate surface area is 139 Å². The van der Waals surface area contributed by atoms with Gasteiger partial charge in [-0.25, -0.2) is 0 Å². The molecule has 2 N–H and O–H groups in total. The lowest BCUT2D eigenvalue weighted by Gasteiger charge is -2.39. The zero-order valence-electron chi connectivity index (χ0n) is 12.5. The molecule has 3 rings (SSSR count). The van der Waals surface area contributed by atoms with Gasteiger partial charge < -0.3 is 15.3 Å². The monoisotopic (exact) mass is 337 g/mol. The smallest absolute Gasteiger partial charge is 0.0958 e. The summed E-state index contributed by atoms with van der Waals surface area (Å²) < 4.78 is 0.782. The van der Waals surface area contributed by atoms with E-state index in [9.17, 15) is 5.11 Å². The third-order valence-electron chi connectivity index (χ3n) is 3.92. The number of rotatable bonds is 4. The van der Waals surface area contributed by atoms with E-state index < -0.39 is 0 Å². The number of nitrogens with one attached hydrogen (secondary N) is 1. The Kier molecular flexibility index (Phi) is 4.98. The normalized spacial score (nSPS) is 22.0. The van der Waals surface area contributed by atoms with Crippen molar-refractivity contribution in [3.63, 3.8) is 0 Å². The first-order valence-electron chi connectivity index (χ1n) is 7.47. The molecule has 4 nitrogen and oxygen atoms in total. The molecule has 0 radical (unpaired) electrons. The predicted octanol–water partition coefficient (Wildman–Crippen LogP) is 2.87. The van der Waals surface area contributed by atoms with Crippen LogP contribution >= 0.6 is 22.9 Å². The van der Waals surface area contributed by atoms with Crippen molar-refractivity contribution < 1.29 is 5.11 Å². The van der Waals surface area contributed by atoms with Crippen molar-refractivity contribution in [3.05, 3.63) is 46.1 Å². The van der Waals surface area contributed by atoms with Crippen LogP contribution in [-0.4, -0.2) is 35.8 Å². The molecule has 1 aliphatic rings. The lowest BCUT2D eigenvalue weighted by Crippen LogP contribution is -2.51. The highest BCUT2D eigenvalue weighted by Gasteiger charge is 2.27. The first kappa shape index (κ1) is 15.7. The summed E-state index contributed by atoms with van der Waals surface area (Å²) in [5, 5.41) is 14.1. The maximum Gasteiger partial charge on any atom is 0.0958 e. The van der Waals surface area contributed by atoms with Gasteiger partial charge in [0.2, 0.25) is 0 Å². The van der Waals surface area contributed by atoms with Gasteiger partial charge in [-0.1, -0.05) is 11.6 Å². The summed E-state index contributed by atoms with van der Waals surface area (Å²) in [4.78, 5) is 6.48. The Morgan fingerprint density at radius 1 is 1.41 bits per heavy atom. The number of aliphatic hydroxyl groups excluding tert-OH is 1. The number of nitrogens with zero attached hydrogens (tertiary/aromatic N) is 2. The Bertz CT molecular complexity index is 619. The number of pyridine rings is 1. The van der Waals surface area contributed by atoms with Crippen molar-refractivity contribution >= 4 is 27.9 Å². The third kappa shape index (κ3) is 3.43. The summed E-state index contributed by atoms with van der Waals surface area (Å²) in [7, 11) is 0. The summed E-state index contributed by atoms with van der Waals surface area (Å²) in [6, 6.07) is 6.75. The van der Waals surface area contributed by atoms with E-state index in [2.05, 4.69) is 34.3 Å². The number of halogens is 1. The molecule has 22 heavy (non-hydrogen) atoms. The Morgan fingerprint density at radius 3 is 2.91 bits per heavy atom. The topological polar surface area (TPSA) is 48.4 Å². The van der Waals surface area contributed by atoms with E-state index in [-0.39, 0.29) is 12.6 Å².